The van der Waals surface area contributed by atoms with Crippen LogP contribution >= 0.6 is 0 Å². The first kappa shape index (κ1) is 11.0. The Bertz CT molecular complexity index is 591. The van der Waals surface area contributed by atoms with Crippen LogP contribution in [0.15, 0.2) is 47.3 Å². The predicted molar refractivity (Wildman–Crippen MR) is 65.1 cm³/mol. The number of hydrogen-bond donors (Lipinski definition) is 0. The van der Waals surface area contributed by atoms with Gasteiger partial charge in [-0.2, -0.15) is 4.68 Å². The second kappa shape index (κ2) is 4.62. The molecule has 2 aromatic rings. The van der Waals surface area contributed by atoms with Crippen molar-refractivity contribution >= 4 is 0 Å². The zero-order valence-electron chi connectivity index (χ0n) is 9.65. The van der Waals surface area contributed by atoms with Gasteiger partial charge < -0.3 is 9.47 Å². The fourth-order valence-corrected chi connectivity index (χ4v) is 1.57. The summed E-state index contributed by atoms with van der Waals surface area (Å²) in [5, 5.41) is 4.17. The Hall–Kier alpha value is -2.14. The maximum atomic E-state index is 11.7. The average molecular weight is 244 g/mol. The lowest BCUT2D eigenvalue weighted by atomic mass is 10.3. The smallest absolute Gasteiger partial charge is 0.271 e. The number of ether oxygens (including phenoxy) is 2. The molecule has 0 saturated carbocycles. The number of benzene rings is 1. The van der Waals surface area contributed by atoms with Crippen LogP contribution in [0.5, 0.6) is 5.88 Å². The van der Waals surface area contributed by atoms with E-state index >= 15 is 0 Å². The summed E-state index contributed by atoms with van der Waals surface area (Å²) < 4.78 is 11.8. The highest BCUT2D eigenvalue weighted by atomic mass is 16.6. The van der Waals surface area contributed by atoms with Gasteiger partial charge in [0.05, 0.1) is 12.3 Å². The van der Waals surface area contributed by atoms with Crippen molar-refractivity contribution in [3.8, 4) is 11.6 Å². The number of rotatable bonds is 4. The highest BCUT2D eigenvalue weighted by molar-refractivity contribution is 5.30. The monoisotopic (exact) mass is 244 g/mol. The summed E-state index contributed by atoms with van der Waals surface area (Å²) in [6, 6.07) is 12.3. The summed E-state index contributed by atoms with van der Waals surface area (Å²) in [6.45, 7) is 1.21. The van der Waals surface area contributed by atoms with Crippen molar-refractivity contribution in [1.82, 2.24) is 9.78 Å². The topological polar surface area (TPSA) is 56.6 Å². The van der Waals surface area contributed by atoms with Crippen LogP contribution in [0.2, 0.25) is 0 Å². The summed E-state index contributed by atoms with van der Waals surface area (Å²) >= 11 is 0. The van der Waals surface area contributed by atoms with Crippen LogP contribution < -0.4 is 10.3 Å². The minimum absolute atomic E-state index is 0.170. The maximum absolute atomic E-state index is 11.7. The molecule has 0 radical (unpaired) electrons. The van der Waals surface area contributed by atoms with Crippen molar-refractivity contribution in [2.24, 2.45) is 0 Å². The van der Waals surface area contributed by atoms with E-state index in [1.54, 1.807) is 6.07 Å². The van der Waals surface area contributed by atoms with E-state index in [4.69, 9.17) is 9.47 Å². The molecule has 1 saturated heterocycles. The molecule has 5 heteroatoms. The number of para-hydroxylation sites is 1. The molecule has 5 nitrogen and oxygen atoms in total. The van der Waals surface area contributed by atoms with Gasteiger partial charge in [-0.3, -0.25) is 4.79 Å². The van der Waals surface area contributed by atoms with Gasteiger partial charge in [0.25, 0.3) is 5.56 Å². The van der Waals surface area contributed by atoms with Gasteiger partial charge in [0.1, 0.15) is 12.7 Å². The molecule has 1 aromatic heterocycles. The molecule has 0 amide bonds. The fraction of sp³-hybridized carbons (Fsp3) is 0.231. The minimum Gasteiger partial charge on any atom is -0.474 e. The van der Waals surface area contributed by atoms with Crippen molar-refractivity contribution in [1.29, 1.82) is 0 Å². The van der Waals surface area contributed by atoms with Crippen LogP contribution in [0, 0.1) is 0 Å². The molecule has 1 aliphatic heterocycles. The standard InChI is InChI=1S/C13H12N2O3/c16-13-7-6-12(18-9-11-8-17-11)14-15(13)10-4-2-1-3-5-10/h1-7,11H,8-9H2. The SMILES string of the molecule is O=c1ccc(OCC2CO2)nn1-c1ccccc1. The minimum atomic E-state index is -0.184. The van der Waals surface area contributed by atoms with Crippen LogP contribution in [0.4, 0.5) is 0 Å². The van der Waals surface area contributed by atoms with Crippen LogP contribution in [0.3, 0.4) is 0 Å². The lowest BCUT2D eigenvalue weighted by Crippen LogP contribution is -2.21. The first-order valence-electron chi connectivity index (χ1n) is 5.73. The fourth-order valence-electron chi connectivity index (χ4n) is 1.57. The van der Waals surface area contributed by atoms with Crippen LogP contribution in [0.1, 0.15) is 0 Å². The normalized spacial score (nSPS) is 17.4. The van der Waals surface area contributed by atoms with E-state index in [2.05, 4.69) is 5.10 Å². The molecule has 1 fully saturated rings. The largest absolute Gasteiger partial charge is 0.474 e. The Morgan fingerprint density at radius 3 is 2.78 bits per heavy atom. The molecule has 1 aromatic carbocycles. The van der Waals surface area contributed by atoms with Crippen LogP contribution in [-0.4, -0.2) is 29.1 Å². The van der Waals surface area contributed by atoms with E-state index in [0.29, 0.717) is 12.5 Å². The molecule has 0 spiro atoms. The summed E-state index contributed by atoms with van der Waals surface area (Å²) in [5.41, 5.74) is 0.534. The molecular weight excluding hydrogens is 232 g/mol. The van der Waals surface area contributed by atoms with Gasteiger partial charge >= 0.3 is 0 Å². The van der Waals surface area contributed by atoms with E-state index in [0.717, 1.165) is 12.3 Å². The molecule has 0 bridgehead atoms. The first-order chi connectivity index (χ1) is 8.83. The molecular formula is C13H12N2O3. The Morgan fingerprint density at radius 1 is 1.28 bits per heavy atom. The lowest BCUT2D eigenvalue weighted by molar-refractivity contribution is 0.251. The van der Waals surface area contributed by atoms with Gasteiger partial charge in [0.15, 0.2) is 0 Å². The summed E-state index contributed by atoms with van der Waals surface area (Å²) in [4.78, 5) is 11.7. The third kappa shape index (κ3) is 2.41. The average Bonchev–Trinajstić information content (AvgIpc) is 3.23. The Morgan fingerprint density at radius 2 is 2.06 bits per heavy atom. The van der Waals surface area contributed by atoms with Gasteiger partial charge in [-0.1, -0.05) is 18.2 Å². The van der Waals surface area contributed by atoms with Crippen molar-refractivity contribution < 1.29 is 9.47 Å². The van der Waals surface area contributed by atoms with Gasteiger partial charge in [0.2, 0.25) is 5.88 Å². The first-order valence-corrected chi connectivity index (χ1v) is 5.73. The van der Waals surface area contributed by atoms with Gasteiger partial charge in [0, 0.05) is 12.1 Å². The van der Waals surface area contributed by atoms with Crippen LogP contribution in [0.25, 0.3) is 5.69 Å². The molecule has 0 N–H and O–H groups in total. The van der Waals surface area contributed by atoms with E-state index in [1.807, 2.05) is 30.3 Å². The molecule has 92 valence electrons. The Labute approximate surface area is 104 Å². The third-order valence-electron chi connectivity index (χ3n) is 2.60. The molecule has 2 heterocycles. The quantitative estimate of drug-likeness (QED) is 0.753. The van der Waals surface area contributed by atoms with Gasteiger partial charge in [-0.05, 0) is 12.1 Å². The number of hydrogen-bond acceptors (Lipinski definition) is 4. The maximum Gasteiger partial charge on any atom is 0.271 e. The number of epoxide rings is 1. The van der Waals surface area contributed by atoms with Gasteiger partial charge in [-0.15, -0.1) is 5.10 Å². The Kier molecular flexibility index (Phi) is 2.82. The summed E-state index contributed by atoms with van der Waals surface area (Å²) in [7, 11) is 0. The second-order valence-corrected chi connectivity index (χ2v) is 4.02. The molecule has 1 aliphatic rings. The van der Waals surface area contributed by atoms with E-state index < -0.39 is 0 Å². The van der Waals surface area contributed by atoms with Crippen molar-refractivity contribution in [3.63, 3.8) is 0 Å². The molecule has 1 unspecified atom stereocenters. The highest BCUT2D eigenvalue weighted by Crippen LogP contribution is 2.12. The molecule has 0 aliphatic carbocycles. The zero-order valence-corrected chi connectivity index (χ0v) is 9.65. The highest BCUT2D eigenvalue weighted by Gasteiger charge is 2.23. The van der Waals surface area contributed by atoms with Crippen LogP contribution in [-0.2, 0) is 4.74 Å². The van der Waals surface area contributed by atoms with Crippen molar-refractivity contribution in [2.75, 3.05) is 13.2 Å². The summed E-state index contributed by atoms with van der Waals surface area (Å²) in [6.07, 6.45) is 0.170. The lowest BCUT2D eigenvalue weighted by Gasteiger charge is -2.07. The Balaban J connectivity index is 1.88. The second-order valence-electron chi connectivity index (χ2n) is 4.02. The van der Waals surface area contributed by atoms with E-state index in [1.165, 1.54) is 10.7 Å². The van der Waals surface area contributed by atoms with Crippen molar-refractivity contribution in [3.05, 3.63) is 52.8 Å². The number of nitrogens with zero attached hydrogens (tertiary/aromatic N) is 2. The zero-order chi connectivity index (χ0) is 12.4. The summed E-state index contributed by atoms with van der Waals surface area (Å²) in [5.74, 6) is 0.425. The molecule has 3 rings (SSSR count). The van der Waals surface area contributed by atoms with E-state index in [9.17, 15) is 4.79 Å². The number of aromatic nitrogens is 2. The van der Waals surface area contributed by atoms with Crippen molar-refractivity contribution in [2.45, 2.75) is 6.10 Å². The van der Waals surface area contributed by atoms with E-state index in [-0.39, 0.29) is 11.7 Å². The predicted octanol–water partition coefficient (Wildman–Crippen LogP) is 1.01. The van der Waals surface area contributed by atoms with Gasteiger partial charge in [-0.25, -0.2) is 0 Å². The third-order valence-corrected chi connectivity index (χ3v) is 2.60. The molecule has 18 heavy (non-hydrogen) atoms. The molecule has 1 atom stereocenters.